The number of rotatable bonds is 2. The number of thioether (sulfide) groups is 1. The summed E-state index contributed by atoms with van der Waals surface area (Å²) in [5.74, 6) is 0. The standard InChI is InChI=1S/C14H22F3N3O2S/c1-13(2,3)22-12(21)18-11-6-5-9(23-11)8-7-10(14(15,16)17)19-20(8)4/h5,8,10-11,19H,6-7H2,1-4H3,(H,18,21). The summed E-state index contributed by atoms with van der Waals surface area (Å²) in [6.45, 7) is 5.32. The van der Waals surface area contributed by atoms with Crippen molar-refractivity contribution in [2.75, 3.05) is 7.05 Å². The van der Waals surface area contributed by atoms with E-state index >= 15 is 0 Å². The minimum Gasteiger partial charge on any atom is -0.444 e. The molecule has 9 heteroatoms. The maximum atomic E-state index is 12.8. The SMILES string of the molecule is CN1NC(C(F)(F)F)CC1C1=CCC(NC(=O)OC(C)(C)C)S1. The van der Waals surface area contributed by atoms with Gasteiger partial charge in [0, 0.05) is 12.0 Å². The van der Waals surface area contributed by atoms with Crippen molar-refractivity contribution in [3.63, 3.8) is 0 Å². The number of hydrazine groups is 1. The van der Waals surface area contributed by atoms with Gasteiger partial charge >= 0.3 is 12.3 Å². The van der Waals surface area contributed by atoms with Crippen molar-refractivity contribution >= 4 is 17.9 Å². The molecule has 2 aliphatic rings. The average molecular weight is 353 g/mol. The molecular weight excluding hydrogens is 331 g/mol. The number of ether oxygens (including phenoxy) is 1. The van der Waals surface area contributed by atoms with Gasteiger partial charge in [0.2, 0.25) is 0 Å². The molecule has 0 bridgehead atoms. The van der Waals surface area contributed by atoms with Crippen molar-refractivity contribution in [3.8, 4) is 0 Å². The normalized spacial score (nSPS) is 29.5. The molecular formula is C14H22F3N3O2S. The molecule has 23 heavy (non-hydrogen) atoms. The summed E-state index contributed by atoms with van der Waals surface area (Å²) >= 11 is 1.38. The minimum atomic E-state index is -4.26. The van der Waals surface area contributed by atoms with E-state index in [1.165, 1.54) is 16.8 Å². The summed E-state index contributed by atoms with van der Waals surface area (Å²) in [7, 11) is 1.60. The number of nitrogens with zero attached hydrogens (tertiary/aromatic N) is 1. The second-order valence-corrected chi connectivity index (χ2v) is 7.96. The Morgan fingerprint density at radius 1 is 1.43 bits per heavy atom. The number of carbonyl (C=O) groups is 1. The molecule has 2 N–H and O–H groups in total. The Kier molecular flexibility index (Phi) is 5.22. The topological polar surface area (TPSA) is 53.6 Å². The van der Waals surface area contributed by atoms with Gasteiger partial charge in [-0.15, -0.1) is 11.8 Å². The Morgan fingerprint density at radius 3 is 2.61 bits per heavy atom. The second-order valence-electron chi connectivity index (χ2n) is 6.68. The number of alkyl halides is 3. The van der Waals surface area contributed by atoms with Crippen LogP contribution in [0.3, 0.4) is 0 Å². The van der Waals surface area contributed by atoms with Crippen LogP contribution in [0.1, 0.15) is 33.6 Å². The van der Waals surface area contributed by atoms with Crippen LogP contribution in [0.25, 0.3) is 0 Å². The third kappa shape index (κ3) is 5.02. The Balaban J connectivity index is 1.87. The molecule has 3 atom stereocenters. The van der Waals surface area contributed by atoms with Gasteiger partial charge in [-0.05, 0) is 33.6 Å². The molecule has 1 saturated heterocycles. The van der Waals surface area contributed by atoms with E-state index in [9.17, 15) is 18.0 Å². The lowest BCUT2D eigenvalue weighted by Crippen LogP contribution is -2.42. The zero-order chi connectivity index (χ0) is 17.4. The molecule has 0 aliphatic carbocycles. The number of nitrogens with one attached hydrogen (secondary N) is 2. The molecule has 0 radical (unpaired) electrons. The third-order valence-corrected chi connectivity index (χ3v) is 4.80. The van der Waals surface area contributed by atoms with Gasteiger partial charge in [0.25, 0.3) is 0 Å². The fourth-order valence-corrected chi connectivity index (χ4v) is 3.79. The number of amides is 1. The first-order valence-corrected chi connectivity index (χ1v) is 8.25. The molecule has 0 spiro atoms. The van der Waals surface area contributed by atoms with Crippen molar-refractivity contribution in [1.29, 1.82) is 0 Å². The molecule has 0 aromatic rings. The van der Waals surface area contributed by atoms with Gasteiger partial charge in [-0.3, -0.25) is 0 Å². The van der Waals surface area contributed by atoms with Crippen LogP contribution in [0.4, 0.5) is 18.0 Å². The van der Waals surface area contributed by atoms with Crippen LogP contribution in [0.5, 0.6) is 0 Å². The molecule has 0 saturated carbocycles. The van der Waals surface area contributed by atoms with Crippen LogP contribution < -0.4 is 10.7 Å². The number of alkyl carbamates (subject to hydrolysis) is 1. The van der Waals surface area contributed by atoms with E-state index in [1.807, 2.05) is 6.08 Å². The number of hydrogen-bond donors (Lipinski definition) is 2. The maximum Gasteiger partial charge on any atom is 0.408 e. The summed E-state index contributed by atoms with van der Waals surface area (Å²) in [6.07, 6.45) is -2.36. The highest BCUT2D eigenvalue weighted by Crippen LogP contribution is 2.40. The van der Waals surface area contributed by atoms with Crippen LogP contribution in [-0.4, -0.2) is 47.4 Å². The monoisotopic (exact) mass is 353 g/mol. The summed E-state index contributed by atoms with van der Waals surface area (Å²) < 4.78 is 43.6. The van der Waals surface area contributed by atoms with Crippen LogP contribution in [0.15, 0.2) is 11.0 Å². The third-order valence-electron chi connectivity index (χ3n) is 3.50. The predicted octanol–water partition coefficient (Wildman–Crippen LogP) is 3.00. The van der Waals surface area contributed by atoms with Crippen LogP contribution in [0, 0.1) is 0 Å². The van der Waals surface area contributed by atoms with Crippen molar-refractivity contribution in [1.82, 2.24) is 15.8 Å². The van der Waals surface area contributed by atoms with Crippen molar-refractivity contribution < 1.29 is 22.7 Å². The summed E-state index contributed by atoms with van der Waals surface area (Å²) in [5, 5.41) is 4.02. The zero-order valence-corrected chi connectivity index (χ0v) is 14.3. The zero-order valence-electron chi connectivity index (χ0n) is 13.5. The van der Waals surface area contributed by atoms with E-state index in [-0.39, 0.29) is 17.8 Å². The molecule has 2 rings (SSSR count). The number of likely N-dealkylation sites (N-methyl/N-ethyl adjacent to an activating group) is 1. The number of halogens is 3. The first-order chi connectivity index (χ1) is 10.5. The number of hydrogen-bond acceptors (Lipinski definition) is 5. The Hall–Kier alpha value is -0.930. The van der Waals surface area contributed by atoms with Crippen LogP contribution in [-0.2, 0) is 4.74 Å². The predicted molar refractivity (Wildman–Crippen MR) is 82.6 cm³/mol. The molecule has 3 unspecified atom stereocenters. The van der Waals surface area contributed by atoms with Gasteiger partial charge < -0.3 is 10.1 Å². The smallest absolute Gasteiger partial charge is 0.408 e. The van der Waals surface area contributed by atoms with Gasteiger partial charge in [0.05, 0.1) is 11.4 Å². The number of carbonyl (C=O) groups excluding carboxylic acids is 1. The van der Waals surface area contributed by atoms with Crippen LogP contribution >= 0.6 is 11.8 Å². The highest BCUT2D eigenvalue weighted by molar-refractivity contribution is 8.04. The lowest BCUT2D eigenvalue weighted by molar-refractivity contribution is -0.156. The van der Waals surface area contributed by atoms with E-state index in [4.69, 9.17) is 4.74 Å². The molecule has 5 nitrogen and oxygen atoms in total. The quantitative estimate of drug-likeness (QED) is 0.799. The van der Waals surface area contributed by atoms with E-state index < -0.39 is 23.9 Å². The van der Waals surface area contributed by atoms with E-state index in [1.54, 1.807) is 27.8 Å². The molecule has 2 heterocycles. The summed E-state index contributed by atoms with van der Waals surface area (Å²) in [6, 6.07) is -1.87. The molecule has 0 aromatic carbocycles. The molecule has 1 fully saturated rings. The van der Waals surface area contributed by atoms with Crippen molar-refractivity contribution in [2.24, 2.45) is 0 Å². The van der Waals surface area contributed by atoms with Crippen molar-refractivity contribution in [2.45, 2.75) is 62.8 Å². The summed E-state index contributed by atoms with van der Waals surface area (Å²) in [5.41, 5.74) is 1.87. The van der Waals surface area contributed by atoms with Gasteiger partial charge in [-0.1, -0.05) is 6.08 Å². The lowest BCUT2D eigenvalue weighted by atomic mass is 10.1. The van der Waals surface area contributed by atoms with Gasteiger partial charge in [0.15, 0.2) is 0 Å². The fraction of sp³-hybridized carbons (Fsp3) is 0.786. The molecule has 0 aromatic heterocycles. The molecule has 132 valence electrons. The highest BCUT2D eigenvalue weighted by Gasteiger charge is 2.48. The van der Waals surface area contributed by atoms with E-state index in [2.05, 4.69) is 10.7 Å². The largest absolute Gasteiger partial charge is 0.444 e. The van der Waals surface area contributed by atoms with E-state index in [0.29, 0.717) is 6.42 Å². The molecule has 2 aliphatic heterocycles. The Labute approximate surface area is 138 Å². The Bertz CT molecular complexity index is 491. The fourth-order valence-electron chi connectivity index (χ4n) is 2.51. The highest BCUT2D eigenvalue weighted by atomic mass is 32.2. The summed E-state index contributed by atoms with van der Waals surface area (Å²) in [4.78, 5) is 12.6. The second kappa shape index (κ2) is 6.52. The van der Waals surface area contributed by atoms with Gasteiger partial charge in [-0.2, -0.15) is 13.2 Å². The minimum absolute atomic E-state index is 0.0298. The lowest BCUT2D eigenvalue weighted by Gasteiger charge is -2.23. The average Bonchev–Trinajstić information content (AvgIpc) is 2.92. The van der Waals surface area contributed by atoms with Crippen LogP contribution in [0.2, 0.25) is 0 Å². The van der Waals surface area contributed by atoms with E-state index in [0.717, 1.165) is 4.91 Å². The first kappa shape index (κ1) is 18.4. The van der Waals surface area contributed by atoms with Gasteiger partial charge in [0.1, 0.15) is 11.6 Å². The van der Waals surface area contributed by atoms with Crippen molar-refractivity contribution in [3.05, 3.63) is 11.0 Å². The Morgan fingerprint density at radius 2 is 2.09 bits per heavy atom. The molecule has 1 amide bonds. The first-order valence-electron chi connectivity index (χ1n) is 7.37. The van der Waals surface area contributed by atoms with Gasteiger partial charge in [-0.25, -0.2) is 15.2 Å². The maximum absolute atomic E-state index is 12.8.